The molecule has 1 aliphatic heterocycles. The highest BCUT2D eigenvalue weighted by atomic mass is 15.1. The molecule has 2 aromatic rings. The second-order valence-corrected chi connectivity index (χ2v) is 9.52. The van der Waals surface area contributed by atoms with Gasteiger partial charge in [0.05, 0.1) is 5.69 Å². The van der Waals surface area contributed by atoms with Gasteiger partial charge in [-0.05, 0) is 61.1 Å². The van der Waals surface area contributed by atoms with Crippen molar-refractivity contribution in [3.05, 3.63) is 101 Å². The summed E-state index contributed by atoms with van der Waals surface area (Å²) >= 11 is 0. The molecule has 186 valence electrons. The van der Waals surface area contributed by atoms with E-state index in [1.807, 2.05) is 18.3 Å². The van der Waals surface area contributed by atoms with Gasteiger partial charge in [0.1, 0.15) is 0 Å². The maximum absolute atomic E-state index is 4.38. The van der Waals surface area contributed by atoms with Gasteiger partial charge >= 0.3 is 0 Å². The number of allylic oxidation sites excluding steroid dienone is 4. The van der Waals surface area contributed by atoms with Crippen molar-refractivity contribution in [3.63, 3.8) is 0 Å². The molecule has 0 unspecified atom stereocenters. The van der Waals surface area contributed by atoms with E-state index in [0.717, 1.165) is 77.4 Å². The summed E-state index contributed by atoms with van der Waals surface area (Å²) in [6.45, 7) is 8.81. The molecule has 0 fully saturated rings. The predicted octanol–water partition coefficient (Wildman–Crippen LogP) is 4.35. The average Bonchev–Trinajstić information content (AvgIpc) is 2.89. The molecule has 5 heteroatoms. The number of aromatic nitrogens is 1. The minimum atomic E-state index is 0.792. The lowest BCUT2D eigenvalue weighted by atomic mass is 9.93. The Labute approximate surface area is 211 Å². The molecule has 1 aromatic carbocycles. The zero-order valence-corrected chi connectivity index (χ0v) is 21.0. The smallest absolute Gasteiger partial charge is 0.0541 e. The molecule has 0 saturated carbocycles. The Kier molecular flexibility index (Phi) is 10.8. The fourth-order valence-electron chi connectivity index (χ4n) is 4.60. The first kappa shape index (κ1) is 25.5. The van der Waals surface area contributed by atoms with Gasteiger partial charge in [-0.25, -0.2) is 0 Å². The van der Waals surface area contributed by atoms with Crippen LogP contribution in [0.5, 0.6) is 0 Å². The van der Waals surface area contributed by atoms with Gasteiger partial charge in [0.25, 0.3) is 0 Å². The summed E-state index contributed by atoms with van der Waals surface area (Å²) < 4.78 is 0. The molecule has 2 aliphatic rings. The van der Waals surface area contributed by atoms with E-state index in [9.17, 15) is 0 Å². The van der Waals surface area contributed by atoms with E-state index in [0.29, 0.717) is 0 Å². The Hall–Kier alpha value is -2.57. The highest BCUT2D eigenvalue weighted by molar-refractivity contribution is 5.29. The van der Waals surface area contributed by atoms with Crippen LogP contribution in [0.3, 0.4) is 0 Å². The maximum Gasteiger partial charge on any atom is 0.0541 e. The molecular formula is C30H41N5. The molecule has 4 rings (SSSR count). The van der Waals surface area contributed by atoms with Crippen LogP contribution in [0, 0.1) is 0 Å². The van der Waals surface area contributed by atoms with Crippen molar-refractivity contribution in [2.45, 2.75) is 45.3 Å². The van der Waals surface area contributed by atoms with Crippen LogP contribution < -0.4 is 16.0 Å². The van der Waals surface area contributed by atoms with E-state index in [-0.39, 0.29) is 0 Å². The average molecular weight is 472 g/mol. The number of nitrogens with zero attached hydrogens (tertiary/aromatic N) is 2. The van der Waals surface area contributed by atoms with Crippen LogP contribution in [-0.4, -0.2) is 49.2 Å². The highest BCUT2D eigenvalue weighted by Gasteiger charge is 2.10. The second kappa shape index (κ2) is 14.7. The topological polar surface area (TPSA) is 52.2 Å². The van der Waals surface area contributed by atoms with Crippen LogP contribution in [0.15, 0.2) is 84.1 Å². The Morgan fingerprint density at radius 1 is 0.857 bits per heavy atom. The highest BCUT2D eigenvalue weighted by Crippen LogP contribution is 2.24. The quantitative estimate of drug-likeness (QED) is 0.547. The standard InChI is InChI=1S/C30H41N5/c1-3-15-31-17-18-32-19-21-35(20-14-27-8-5-7-26(6-1)22-27)25-29-12-10-28(11-13-29)23-33-24-30-9-2-4-16-34-30/h1-2,4,6-7,9-14,16,31-33H,3,5,8,15,17-25H2/b6-1-,27-14+. The normalized spacial score (nSPS) is 21.0. The Bertz CT molecular complexity index is 962. The minimum absolute atomic E-state index is 0.792. The first-order chi connectivity index (χ1) is 17.3. The monoisotopic (exact) mass is 471 g/mol. The molecule has 3 N–H and O–H groups in total. The summed E-state index contributed by atoms with van der Waals surface area (Å²) in [5.41, 5.74) is 6.83. The fourth-order valence-corrected chi connectivity index (χ4v) is 4.60. The second-order valence-electron chi connectivity index (χ2n) is 9.52. The molecule has 0 spiro atoms. The third-order valence-electron chi connectivity index (χ3n) is 6.63. The van der Waals surface area contributed by atoms with Gasteiger partial charge in [-0.3, -0.25) is 9.88 Å². The Morgan fingerprint density at radius 3 is 2.57 bits per heavy atom. The van der Waals surface area contributed by atoms with E-state index in [1.165, 1.54) is 29.5 Å². The van der Waals surface area contributed by atoms with Crippen LogP contribution in [0.4, 0.5) is 0 Å². The maximum atomic E-state index is 4.38. The molecule has 5 nitrogen and oxygen atoms in total. The third kappa shape index (κ3) is 9.54. The van der Waals surface area contributed by atoms with Crippen molar-refractivity contribution in [1.82, 2.24) is 25.8 Å². The van der Waals surface area contributed by atoms with Gasteiger partial charge in [0, 0.05) is 58.6 Å². The first-order valence-electron chi connectivity index (χ1n) is 13.2. The Balaban J connectivity index is 1.32. The zero-order valence-electron chi connectivity index (χ0n) is 21.0. The molecule has 2 bridgehead atoms. The van der Waals surface area contributed by atoms with E-state index in [4.69, 9.17) is 0 Å². The Morgan fingerprint density at radius 2 is 1.71 bits per heavy atom. The predicted molar refractivity (Wildman–Crippen MR) is 146 cm³/mol. The molecule has 1 aliphatic carbocycles. The van der Waals surface area contributed by atoms with Gasteiger partial charge in [-0.2, -0.15) is 0 Å². The summed E-state index contributed by atoms with van der Waals surface area (Å²) in [5, 5.41) is 10.6. The number of pyridine rings is 1. The van der Waals surface area contributed by atoms with Gasteiger partial charge in [0.2, 0.25) is 0 Å². The van der Waals surface area contributed by atoms with Crippen molar-refractivity contribution in [3.8, 4) is 0 Å². The number of hydrogen-bond acceptors (Lipinski definition) is 5. The molecule has 0 radical (unpaired) electrons. The number of hydrogen-bond donors (Lipinski definition) is 3. The molecule has 0 saturated heterocycles. The molecule has 2 heterocycles. The van der Waals surface area contributed by atoms with Gasteiger partial charge in [0.15, 0.2) is 0 Å². The van der Waals surface area contributed by atoms with Crippen LogP contribution in [0.2, 0.25) is 0 Å². The fraction of sp³-hybridized carbons (Fsp3) is 0.433. The van der Waals surface area contributed by atoms with E-state index in [2.05, 4.69) is 80.5 Å². The number of nitrogens with one attached hydrogen (secondary N) is 3. The van der Waals surface area contributed by atoms with Crippen LogP contribution >= 0.6 is 0 Å². The lowest BCUT2D eigenvalue weighted by Gasteiger charge is -2.23. The van der Waals surface area contributed by atoms with Crippen molar-refractivity contribution >= 4 is 0 Å². The summed E-state index contributed by atoms with van der Waals surface area (Å²) in [6, 6.07) is 15.1. The zero-order chi connectivity index (χ0) is 24.0. The van der Waals surface area contributed by atoms with Crippen LogP contribution in [-0.2, 0) is 19.6 Å². The molecule has 0 atom stereocenters. The van der Waals surface area contributed by atoms with Crippen molar-refractivity contribution in [1.29, 1.82) is 0 Å². The molecular weight excluding hydrogens is 430 g/mol. The van der Waals surface area contributed by atoms with Gasteiger partial charge in [-0.1, -0.05) is 60.2 Å². The number of benzene rings is 1. The van der Waals surface area contributed by atoms with Crippen LogP contribution in [0.25, 0.3) is 0 Å². The van der Waals surface area contributed by atoms with Crippen LogP contribution in [0.1, 0.15) is 42.5 Å². The number of fused-ring (bicyclic) bond motifs is 2. The van der Waals surface area contributed by atoms with E-state index < -0.39 is 0 Å². The summed E-state index contributed by atoms with van der Waals surface area (Å²) in [7, 11) is 0. The SMILES string of the molecule is C1=C2/C=C\CCNCCNCCN(Cc3ccc(CNCc4ccccn4)cc3)C/C=C(\CC1)C2. The minimum Gasteiger partial charge on any atom is -0.315 e. The van der Waals surface area contributed by atoms with Crippen molar-refractivity contribution in [2.24, 2.45) is 0 Å². The van der Waals surface area contributed by atoms with Gasteiger partial charge in [-0.15, -0.1) is 0 Å². The van der Waals surface area contributed by atoms with E-state index >= 15 is 0 Å². The van der Waals surface area contributed by atoms with Crippen molar-refractivity contribution < 1.29 is 0 Å². The lowest BCUT2D eigenvalue weighted by molar-refractivity contribution is 0.292. The summed E-state index contributed by atoms with van der Waals surface area (Å²) in [6.07, 6.45) is 16.0. The van der Waals surface area contributed by atoms with E-state index in [1.54, 1.807) is 5.57 Å². The summed E-state index contributed by atoms with van der Waals surface area (Å²) in [4.78, 5) is 6.95. The first-order valence-corrected chi connectivity index (χ1v) is 13.2. The third-order valence-corrected chi connectivity index (χ3v) is 6.63. The molecule has 35 heavy (non-hydrogen) atoms. The summed E-state index contributed by atoms with van der Waals surface area (Å²) in [5.74, 6) is 0. The van der Waals surface area contributed by atoms with Gasteiger partial charge < -0.3 is 16.0 Å². The molecule has 1 aromatic heterocycles. The number of rotatable bonds is 6. The van der Waals surface area contributed by atoms with Crippen molar-refractivity contribution in [2.75, 3.05) is 39.3 Å². The molecule has 0 amide bonds. The largest absolute Gasteiger partial charge is 0.315 e. The lowest BCUT2D eigenvalue weighted by Crippen LogP contribution is -2.35.